The molecule has 6 heteroatoms. The first-order valence-electron chi connectivity index (χ1n) is 12.3. The van der Waals surface area contributed by atoms with E-state index in [-0.39, 0.29) is 11.7 Å². The third-order valence-electron chi connectivity index (χ3n) is 8.01. The maximum atomic E-state index is 13.1. The smallest absolute Gasteiger partial charge is 0.360 e. The number of hydrogen-bond acceptors (Lipinski definition) is 4. The zero-order chi connectivity index (χ0) is 23.0. The zero-order valence-corrected chi connectivity index (χ0v) is 19.8. The van der Waals surface area contributed by atoms with Gasteiger partial charge in [-0.2, -0.15) is 0 Å². The summed E-state index contributed by atoms with van der Waals surface area (Å²) in [6.45, 7) is 9.08. The van der Waals surface area contributed by atoms with Crippen LogP contribution in [0.5, 0.6) is 0 Å². The van der Waals surface area contributed by atoms with E-state index in [9.17, 15) is 14.7 Å². The number of hydrogen-bond donors (Lipinski definition) is 1. The van der Waals surface area contributed by atoms with Crippen LogP contribution < -0.4 is 5.56 Å². The Kier molecular flexibility index (Phi) is 6.70. The van der Waals surface area contributed by atoms with Crippen molar-refractivity contribution in [1.82, 2.24) is 14.5 Å². The van der Waals surface area contributed by atoms with Gasteiger partial charge in [0.2, 0.25) is 5.69 Å². The number of likely N-dealkylation sites (tertiary alicyclic amines) is 1. The van der Waals surface area contributed by atoms with Crippen molar-refractivity contribution < 1.29 is 9.90 Å². The van der Waals surface area contributed by atoms with E-state index in [1.165, 1.54) is 32.1 Å². The van der Waals surface area contributed by atoms with Gasteiger partial charge in [-0.05, 0) is 82.8 Å². The van der Waals surface area contributed by atoms with Crippen molar-refractivity contribution in [1.29, 1.82) is 0 Å². The van der Waals surface area contributed by atoms with Gasteiger partial charge >= 0.3 is 5.97 Å². The van der Waals surface area contributed by atoms with Gasteiger partial charge in [0.1, 0.15) is 0 Å². The highest BCUT2D eigenvalue weighted by molar-refractivity contribution is 5.88. The lowest BCUT2D eigenvalue weighted by atomic mass is 9.79. The van der Waals surface area contributed by atoms with Crippen LogP contribution in [0, 0.1) is 11.8 Å². The number of benzene rings is 1. The second-order valence-electron chi connectivity index (χ2n) is 10.4. The molecule has 0 unspecified atom stereocenters. The van der Waals surface area contributed by atoms with Gasteiger partial charge in [-0.25, -0.2) is 9.78 Å². The van der Waals surface area contributed by atoms with Crippen molar-refractivity contribution in [2.24, 2.45) is 11.8 Å². The molecule has 2 aliphatic rings. The monoisotopic (exact) mass is 439 g/mol. The fraction of sp³-hybridized carbons (Fsp3) is 0.654. The number of carboxylic acid groups (broad SMARTS) is 1. The number of carboxylic acids is 1. The van der Waals surface area contributed by atoms with E-state index in [4.69, 9.17) is 0 Å². The Morgan fingerprint density at radius 2 is 1.78 bits per heavy atom. The van der Waals surface area contributed by atoms with Crippen LogP contribution in [-0.4, -0.2) is 43.7 Å². The molecule has 1 N–H and O–H groups in total. The number of carbonyl (C=O) groups is 1. The second-order valence-corrected chi connectivity index (χ2v) is 10.4. The normalized spacial score (nSPS) is 27.8. The summed E-state index contributed by atoms with van der Waals surface area (Å²) in [6, 6.07) is 8.87. The standard InChI is InChI=1S/C26H37N3O3/c1-16(2)19-10-13-20(14-11-19)28-17(3)9-12-21(28)15-18(4)29-23-8-6-5-7-22(23)27-24(25(29)30)26(31)32/h5-8,16-21H,9-15H2,1-4H3,(H,31,32)/t17-,18-,19?,20?,21-/m0/s1. The predicted molar refractivity (Wildman–Crippen MR) is 127 cm³/mol. The maximum absolute atomic E-state index is 13.1. The van der Waals surface area contributed by atoms with Gasteiger partial charge in [-0.3, -0.25) is 9.69 Å². The summed E-state index contributed by atoms with van der Waals surface area (Å²) in [6.07, 6.45) is 8.32. The third-order valence-corrected chi connectivity index (χ3v) is 8.01. The molecule has 1 aromatic carbocycles. The summed E-state index contributed by atoms with van der Waals surface area (Å²) in [4.78, 5) is 31.6. The van der Waals surface area contributed by atoms with Gasteiger partial charge < -0.3 is 9.67 Å². The highest BCUT2D eigenvalue weighted by Gasteiger charge is 2.38. The van der Waals surface area contributed by atoms with Crippen LogP contribution in [0.15, 0.2) is 29.1 Å². The number of aromatic nitrogens is 2. The number of rotatable bonds is 6. The van der Waals surface area contributed by atoms with Crippen molar-refractivity contribution >= 4 is 17.0 Å². The first-order chi connectivity index (χ1) is 15.3. The van der Waals surface area contributed by atoms with Crippen LogP contribution in [0.1, 0.15) is 89.2 Å². The van der Waals surface area contributed by atoms with Gasteiger partial charge in [0, 0.05) is 24.2 Å². The van der Waals surface area contributed by atoms with Crippen molar-refractivity contribution in [3.63, 3.8) is 0 Å². The molecule has 2 aromatic rings. The molecule has 2 heterocycles. The molecule has 2 fully saturated rings. The average molecular weight is 440 g/mol. The highest BCUT2D eigenvalue weighted by atomic mass is 16.4. The van der Waals surface area contributed by atoms with E-state index in [1.54, 1.807) is 10.6 Å². The molecule has 1 aliphatic carbocycles. The highest BCUT2D eigenvalue weighted by Crippen LogP contribution is 2.39. The molecule has 1 saturated carbocycles. The van der Waals surface area contributed by atoms with Crippen LogP contribution in [0.2, 0.25) is 0 Å². The average Bonchev–Trinajstić information content (AvgIpc) is 3.12. The van der Waals surface area contributed by atoms with Gasteiger partial charge in [0.05, 0.1) is 11.0 Å². The second kappa shape index (κ2) is 9.34. The molecule has 4 rings (SSSR count). The Hall–Kier alpha value is -2.21. The molecular formula is C26H37N3O3. The summed E-state index contributed by atoms with van der Waals surface area (Å²) in [5.74, 6) is 0.343. The van der Waals surface area contributed by atoms with Crippen molar-refractivity contribution in [3.05, 3.63) is 40.3 Å². The minimum absolute atomic E-state index is 0.0988. The Morgan fingerprint density at radius 3 is 2.44 bits per heavy atom. The van der Waals surface area contributed by atoms with Gasteiger partial charge in [0.25, 0.3) is 5.56 Å². The summed E-state index contributed by atoms with van der Waals surface area (Å²) in [5, 5.41) is 9.54. The summed E-state index contributed by atoms with van der Waals surface area (Å²) < 4.78 is 1.67. The minimum Gasteiger partial charge on any atom is -0.476 e. The predicted octanol–water partition coefficient (Wildman–Crippen LogP) is 5.11. The molecule has 1 aliphatic heterocycles. The molecule has 0 radical (unpaired) electrons. The lowest BCUT2D eigenvalue weighted by molar-refractivity contribution is 0.0686. The van der Waals surface area contributed by atoms with E-state index < -0.39 is 11.5 Å². The third kappa shape index (κ3) is 4.34. The Labute approximate surface area is 190 Å². The zero-order valence-electron chi connectivity index (χ0n) is 19.8. The van der Waals surface area contributed by atoms with Crippen LogP contribution in [0.3, 0.4) is 0 Å². The van der Waals surface area contributed by atoms with Gasteiger partial charge in [-0.1, -0.05) is 26.0 Å². The van der Waals surface area contributed by atoms with Crippen LogP contribution in [0.4, 0.5) is 0 Å². The molecule has 1 aromatic heterocycles. The van der Waals surface area contributed by atoms with E-state index in [0.29, 0.717) is 29.2 Å². The molecule has 1 saturated heterocycles. The van der Waals surface area contributed by atoms with Gasteiger partial charge in [0.15, 0.2) is 0 Å². The minimum atomic E-state index is -1.26. The number of nitrogens with zero attached hydrogens (tertiary/aromatic N) is 3. The molecule has 0 bridgehead atoms. The fourth-order valence-corrected chi connectivity index (χ4v) is 6.29. The molecule has 6 nitrogen and oxygen atoms in total. The number of aromatic carboxylic acids is 1. The first kappa shape index (κ1) is 23.0. The molecule has 32 heavy (non-hydrogen) atoms. The summed E-state index contributed by atoms with van der Waals surface area (Å²) in [7, 11) is 0. The van der Waals surface area contributed by atoms with Crippen molar-refractivity contribution in [2.75, 3.05) is 0 Å². The summed E-state index contributed by atoms with van der Waals surface area (Å²) >= 11 is 0. The quantitative estimate of drug-likeness (QED) is 0.677. The maximum Gasteiger partial charge on any atom is 0.360 e. The van der Waals surface area contributed by atoms with Crippen molar-refractivity contribution in [2.45, 2.75) is 96.8 Å². The molecule has 0 spiro atoms. The van der Waals surface area contributed by atoms with Crippen LogP contribution in [-0.2, 0) is 0 Å². The molecule has 3 atom stereocenters. The summed E-state index contributed by atoms with van der Waals surface area (Å²) in [5.41, 5.74) is 0.378. The number of fused-ring (bicyclic) bond motifs is 1. The van der Waals surface area contributed by atoms with Gasteiger partial charge in [-0.15, -0.1) is 0 Å². The first-order valence-corrected chi connectivity index (χ1v) is 12.3. The lowest BCUT2D eigenvalue weighted by Gasteiger charge is -2.42. The number of para-hydroxylation sites is 2. The van der Waals surface area contributed by atoms with E-state index in [1.807, 2.05) is 18.2 Å². The molecule has 174 valence electrons. The van der Waals surface area contributed by atoms with E-state index in [2.05, 4.69) is 37.6 Å². The van der Waals surface area contributed by atoms with Crippen molar-refractivity contribution in [3.8, 4) is 0 Å². The SMILES string of the molecule is CC(C)C1CCC(N2[C@H](C[C@H](C)n3c(=O)c(C(=O)O)nc4ccccc43)CC[C@@H]2C)CC1. The Morgan fingerprint density at radius 1 is 1.09 bits per heavy atom. The topological polar surface area (TPSA) is 75.4 Å². The fourth-order valence-electron chi connectivity index (χ4n) is 6.29. The molecule has 0 amide bonds. The lowest BCUT2D eigenvalue weighted by Crippen LogP contribution is -2.46. The van der Waals surface area contributed by atoms with E-state index in [0.717, 1.165) is 24.7 Å². The van der Waals surface area contributed by atoms with E-state index >= 15 is 0 Å². The van der Waals surface area contributed by atoms with Crippen LogP contribution in [0.25, 0.3) is 11.0 Å². The Balaban J connectivity index is 1.59. The van der Waals surface area contributed by atoms with Crippen LogP contribution >= 0.6 is 0 Å². The Bertz CT molecular complexity index is 1020. The molecular weight excluding hydrogens is 402 g/mol. The largest absolute Gasteiger partial charge is 0.476 e.